The lowest BCUT2D eigenvalue weighted by Gasteiger charge is -2.34. The van der Waals surface area contributed by atoms with Gasteiger partial charge in [0.2, 0.25) is 0 Å². The van der Waals surface area contributed by atoms with Crippen molar-refractivity contribution in [2.24, 2.45) is 0 Å². The van der Waals surface area contributed by atoms with Gasteiger partial charge in [0, 0.05) is 32.2 Å². The van der Waals surface area contributed by atoms with Crippen LogP contribution in [0.3, 0.4) is 0 Å². The molecule has 6 heteroatoms. The number of nitrogens with one attached hydrogen (secondary N) is 1. The Kier molecular flexibility index (Phi) is 4.67. The molecule has 1 fully saturated rings. The number of rotatable bonds is 3. The van der Waals surface area contributed by atoms with Crippen LogP contribution in [0.4, 0.5) is 13.2 Å². The topological polar surface area (TPSA) is 18.5 Å². The van der Waals surface area contributed by atoms with Gasteiger partial charge in [0.05, 0.1) is 5.56 Å². The Morgan fingerprint density at radius 2 is 1.80 bits per heavy atom. The van der Waals surface area contributed by atoms with Gasteiger partial charge in [-0.2, -0.15) is 13.2 Å². The van der Waals surface area contributed by atoms with Crippen molar-refractivity contribution in [3.8, 4) is 0 Å². The molecule has 2 rings (SSSR count). The molecule has 1 unspecified atom stereocenters. The third kappa shape index (κ3) is 3.94. The van der Waals surface area contributed by atoms with Gasteiger partial charge in [-0.05, 0) is 31.7 Å². The van der Waals surface area contributed by atoms with Crippen LogP contribution < -0.4 is 5.43 Å². The molecule has 1 N–H and O–H groups in total. The average Bonchev–Trinajstić information content (AvgIpc) is 2.40. The number of hydrazine groups is 1. The molecule has 0 saturated carbocycles. The van der Waals surface area contributed by atoms with Gasteiger partial charge in [0.25, 0.3) is 0 Å². The monoisotopic (exact) mass is 287 g/mol. The van der Waals surface area contributed by atoms with Gasteiger partial charge >= 0.3 is 6.18 Å². The first-order valence-corrected chi connectivity index (χ1v) is 6.73. The van der Waals surface area contributed by atoms with E-state index < -0.39 is 11.7 Å². The zero-order chi connectivity index (χ0) is 14.8. The van der Waals surface area contributed by atoms with Crippen LogP contribution in [0.5, 0.6) is 0 Å². The predicted molar refractivity (Wildman–Crippen MR) is 72.1 cm³/mol. The summed E-state index contributed by atoms with van der Waals surface area (Å²) in [7, 11) is 2.06. The highest BCUT2D eigenvalue weighted by Gasteiger charge is 2.30. The summed E-state index contributed by atoms with van der Waals surface area (Å²) in [6.45, 7) is 5.55. The molecule has 20 heavy (non-hydrogen) atoms. The molecule has 0 spiro atoms. The summed E-state index contributed by atoms with van der Waals surface area (Å²) in [6.07, 6.45) is -4.29. The predicted octanol–water partition coefficient (Wildman–Crippen LogP) is 2.52. The van der Waals surface area contributed by atoms with Crippen LogP contribution in [-0.2, 0) is 6.18 Å². The summed E-state index contributed by atoms with van der Waals surface area (Å²) in [5, 5.41) is 2.07. The van der Waals surface area contributed by atoms with Crippen molar-refractivity contribution >= 4 is 0 Å². The van der Waals surface area contributed by atoms with Gasteiger partial charge in [-0.3, -0.25) is 0 Å². The lowest BCUT2D eigenvalue weighted by molar-refractivity contribution is -0.137. The minimum absolute atomic E-state index is 0.138. The van der Waals surface area contributed by atoms with Gasteiger partial charge in [0.1, 0.15) is 0 Å². The molecule has 1 aromatic carbocycles. The number of likely N-dealkylation sites (N-methyl/N-ethyl adjacent to an activating group) is 1. The number of alkyl halides is 3. The highest BCUT2D eigenvalue weighted by atomic mass is 19.4. The SMILES string of the molecule is CC(NN1CCN(C)CC1)c1cccc(C(F)(F)F)c1. The third-order valence-corrected chi connectivity index (χ3v) is 3.59. The van der Waals surface area contributed by atoms with Gasteiger partial charge in [-0.15, -0.1) is 0 Å². The van der Waals surface area contributed by atoms with E-state index in [-0.39, 0.29) is 6.04 Å². The van der Waals surface area contributed by atoms with E-state index in [0.29, 0.717) is 5.56 Å². The van der Waals surface area contributed by atoms with E-state index in [9.17, 15) is 13.2 Å². The first-order chi connectivity index (χ1) is 9.36. The van der Waals surface area contributed by atoms with Crippen LogP contribution in [0.2, 0.25) is 0 Å². The molecule has 0 aliphatic carbocycles. The van der Waals surface area contributed by atoms with Crippen molar-refractivity contribution in [1.29, 1.82) is 0 Å². The van der Waals surface area contributed by atoms with Crippen LogP contribution in [-0.4, -0.2) is 43.1 Å². The van der Waals surface area contributed by atoms with Gasteiger partial charge in [0.15, 0.2) is 0 Å². The highest BCUT2D eigenvalue weighted by molar-refractivity contribution is 5.27. The molecule has 1 aromatic rings. The zero-order valence-electron chi connectivity index (χ0n) is 11.7. The van der Waals surface area contributed by atoms with Crippen molar-refractivity contribution < 1.29 is 13.2 Å². The smallest absolute Gasteiger partial charge is 0.304 e. The molecule has 0 radical (unpaired) electrons. The lowest BCUT2D eigenvalue weighted by Crippen LogP contribution is -2.51. The number of hydrogen-bond donors (Lipinski definition) is 1. The minimum Gasteiger partial charge on any atom is -0.304 e. The van der Waals surface area contributed by atoms with Crippen LogP contribution in [0.25, 0.3) is 0 Å². The van der Waals surface area contributed by atoms with E-state index in [1.165, 1.54) is 12.1 Å². The Morgan fingerprint density at radius 1 is 1.15 bits per heavy atom. The van der Waals surface area contributed by atoms with Crippen molar-refractivity contribution in [1.82, 2.24) is 15.3 Å². The Balaban J connectivity index is 2.00. The molecule has 112 valence electrons. The maximum Gasteiger partial charge on any atom is 0.416 e. The summed E-state index contributed by atoms with van der Waals surface area (Å²) in [4.78, 5) is 2.23. The van der Waals surface area contributed by atoms with E-state index in [1.54, 1.807) is 6.07 Å². The molecule has 3 nitrogen and oxygen atoms in total. The van der Waals surface area contributed by atoms with Crippen LogP contribution in [0, 0.1) is 0 Å². The molecule has 1 aliphatic heterocycles. The maximum atomic E-state index is 12.7. The van der Waals surface area contributed by atoms with Crippen LogP contribution in [0.15, 0.2) is 24.3 Å². The zero-order valence-corrected chi connectivity index (χ0v) is 11.7. The second-order valence-corrected chi connectivity index (χ2v) is 5.26. The van der Waals surface area contributed by atoms with Gasteiger partial charge in [-0.25, -0.2) is 10.4 Å². The Labute approximate surface area is 117 Å². The first-order valence-electron chi connectivity index (χ1n) is 6.73. The standard InChI is InChI=1S/C14H20F3N3/c1-11(18-20-8-6-19(2)7-9-20)12-4-3-5-13(10-12)14(15,16)17/h3-5,10-11,18H,6-9H2,1-2H3. The molecular formula is C14H20F3N3. The number of nitrogens with zero attached hydrogens (tertiary/aromatic N) is 2. The van der Waals surface area contributed by atoms with Gasteiger partial charge < -0.3 is 4.90 Å². The Bertz CT molecular complexity index is 440. The summed E-state index contributed by atoms with van der Waals surface area (Å²) in [5.41, 5.74) is 3.33. The second-order valence-electron chi connectivity index (χ2n) is 5.26. The van der Waals surface area contributed by atoms with Crippen molar-refractivity contribution in [2.45, 2.75) is 19.1 Å². The Hall–Kier alpha value is -1.11. The van der Waals surface area contributed by atoms with E-state index in [4.69, 9.17) is 0 Å². The summed E-state index contributed by atoms with van der Waals surface area (Å²) in [5.74, 6) is 0. The first kappa shape index (κ1) is 15.3. The van der Waals surface area contributed by atoms with Crippen molar-refractivity contribution in [3.05, 3.63) is 35.4 Å². The number of hydrogen-bond acceptors (Lipinski definition) is 3. The molecule has 1 aliphatic rings. The molecule has 0 aromatic heterocycles. The highest BCUT2D eigenvalue weighted by Crippen LogP contribution is 2.30. The molecule has 1 heterocycles. The van der Waals surface area contributed by atoms with Crippen molar-refractivity contribution in [2.75, 3.05) is 33.2 Å². The quantitative estimate of drug-likeness (QED) is 0.921. The molecule has 0 bridgehead atoms. The second kappa shape index (κ2) is 6.11. The van der Waals surface area contributed by atoms with Crippen molar-refractivity contribution in [3.63, 3.8) is 0 Å². The summed E-state index contributed by atoms with van der Waals surface area (Å²) < 4.78 is 38.1. The summed E-state index contributed by atoms with van der Waals surface area (Å²) in [6, 6.07) is 5.36. The number of piperazine rings is 1. The summed E-state index contributed by atoms with van der Waals surface area (Å²) >= 11 is 0. The van der Waals surface area contributed by atoms with Crippen LogP contribution >= 0.6 is 0 Å². The number of benzene rings is 1. The van der Waals surface area contributed by atoms with E-state index in [2.05, 4.69) is 22.4 Å². The molecule has 0 amide bonds. The largest absolute Gasteiger partial charge is 0.416 e. The van der Waals surface area contributed by atoms with Crippen LogP contribution in [0.1, 0.15) is 24.1 Å². The van der Waals surface area contributed by atoms with E-state index in [0.717, 1.165) is 32.2 Å². The fraction of sp³-hybridized carbons (Fsp3) is 0.571. The Morgan fingerprint density at radius 3 is 2.40 bits per heavy atom. The fourth-order valence-corrected chi connectivity index (χ4v) is 2.27. The average molecular weight is 287 g/mol. The molecular weight excluding hydrogens is 267 g/mol. The minimum atomic E-state index is -4.29. The lowest BCUT2D eigenvalue weighted by atomic mass is 10.1. The fourth-order valence-electron chi connectivity index (χ4n) is 2.27. The number of halogens is 3. The maximum absolute atomic E-state index is 12.7. The molecule has 1 saturated heterocycles. The van der Waals surface area contributed by atoms with E-state index in [1.807, 2.05) is 6.92 Å². The third-order valence-electron chi connectivity index (χ3n) is 3.59. The normalized spacial score (nSPS) is 20.1. The van der Waals surface area contributed by atoms with Gasteiger partial charge in [-0.1, -0.05) is 12.1 Å². The molecule has 1 atom stereocenters. The van der Waals surface area contributed by atoms with E-state index >= 15 is 0 Å².